The van der Waals surface area contributed by atoms with E-state index in [2.05, 4.69) is 25.5 Å². The van der Waals surface area contributed by atoms with E-state index in [0.29, 0.717) is 22.1 Å². The SMILES string of the molecule is O=C(OCCOCCOCCOC(=O)Oc1ccc([N+](=O)[O-])cc1)Oc1ccc(OO)cc1.O=C(OCCOCCOCCOC(=O)On1nnc2ccccc21)On1nnc2ccccc21. The molecule has 0 unspecified atom stereocenters. The van der Waals surface area contributed by atoms with Crippen LogP contribution in [0.25, 0.3) is 22.1 Å². The number of hydrogen-bond donors (Lipinski definition) is 1. The molecule has 0 amide bonds. The lowest BCUT2D eigenvalue weighted by Gasteiger charge is -2.08. The van der Waals surface area contributed by atoms with Crippen molar-refractivity contribution in [3.05, 3.63) is 107 Å². The number of non-ortho nitro benzene ring substituents is 1. The minimum atomic E-state index is -0.967. The molecule has 67 heavy (non-hydrogen) atoms. The monoisotopic (exact) mass is 939 g/mol. The second kappa shape index (κ2) is 27.8. The van der Waals surface area contributed by atoms with Crippen molar-refractivity contribution in [2.75, 3.05) is 79.3 Å². The topological polar surface area (TPSA) is 313 Å². The Morgan fingerprint density at radius 3 is 1.21 bits per heavy atom. The Bertz CT molecular complexity index is 2370. The van der Waals surface area contributed by atoms with E-state index in [1.54, 1.807) is 48.5 Å². The summed E-state index contributed by atoms with van der Waals surface area (Å²) in [7, 11) is 0. The molecule has 0 aliphatic rings. The minimum Gasteiger partial charge on any atom is -0.432 e. The van der Waals surface area contributed by atoms with Crippen molar-refractivity contribution in [3.63, 3.8) is 0 Å². The minimum absolute atomic E-state index is 0.0165. The predicted octanol–water partition coefficient (Wildman–Crippen LogP) is 4.25. The van der Waals surface area contributed by atoms with Gasteiger partial charge in [-0.25, -0.2) is 24.4 Å². The first-order chi connectivity index (χ1) is 32.7. The number of hydrogen-bond acceptors (Lipinski definition) is 24. The normalized spacial score (nSPS) is 10.6. The summed E-state index contributed by atoms with van der Waals surface area (Å²) in [4.78, 5) is 72.3. The zero-order valence-corrected chi connectivity index (χ0v) is 35.1. The molecule has 27 heteroatoms. The number of benzene rings is 4. The maximum atomic E-state index is 11.7. The van der Waals surface area contributed by atoms with Gasteiger partial charge in [0, 0.05) is 12.1 Å². The molecule has 27 nitrogen and oxygen atoms in total. The van der Waals surface area contributed by atoms with Gasteiger partial charge in [0.25, 0.3) is 5.69 Å². The molecule has 0 atom stereocenters. The van der Waals surface area contributed by atoms with Crippen LogP contribution in [0.15, 0.2) is 97.1 Å². The van der Waals surface area contributed by atoms with E-state index in [0.717, 1.165) is 9.69 Å². The highest BCUT2D eigenvalue weighted by molar-refractivity contribution is 5.75. The highest BCUT2D eigenvalue weighted by Gasteiger charge is 2.13. The number of ether oxygens (including phenoxy) is 10. The standard InChI is InChI=1S/C20H20N6O8.C20H21NO12/c27-19(33-25-17-7-3-1-5-15(17)21-23-25)31-13-11-29-9-10-30-12-14-32-20(28)34-26-18-8-4-2-6-16(18)22-24-26;22-19(31-16-3-1-15(2-4-16)21(24)25)29-13-11-27-9-10-28-12-14-30-20(23)32-17-5-7-18(33-26)8-6-17/h1-8H,9-14H2;1-8,26H,9-14H2. The van der Waals surface area contributed by atoms with E-state index < -0.39 is 29.5 Å². The summed E-state index contributed by atoms with van der Waals surface area (Å²) < 4.78 is 50.2. The van der Waals surface area contributed by atoms with Crippen molar-refractivity contribution in [1.29, 1.82) is 0 Å². The van der Waals surface area contributed by atoms with Crippen LogP contribution in [0.4, 0.5) is 24.9 Å². The van der Waals surface area contributed by atoms with Gasteiger partial charge in [-0.05, 0) is 71.1 Å². The van der Waals surface area contributed by atoms with E-state index in [1.807, 2.05) is 0 Å². The van der Waals surface area contributed by atoms with Crippen LogP contribution in [0.2, 0.25) is 0 Å². The molecule has 0 saturated carbocycles. The fourth-order valence-corrected chi connectivity index (χ4v) is 4.86. The van der Waals surface area contributed by atoms with Gasteiger partial charge in [-0.2, -0.15) is 0 Å². The molecule has 356 valence electrons. The summed E-state index contributed by atoms with van der Waals surface area (Å²) in [6.07, 6.45) is -3.74. The number of rotatable bonds is 24. The Morgan fingerprint density at radius 1 is 0.478 bits per heavy atom. The Balaban J connectivity index is 0.000000251. The second-order valence-corrected chi connectivity index (χ2v) is 12.4. The molecule has 0 fully saturated rings. The Kier molecular flexibility index (Phi) is 20.7. The third-order valence-electron chi connectivity index (χ3n) is 7.88. The van der Waals surface area contributed by atoms with Crippen LogP contribution in [-0.2, 0) is 37.9 Å². The summed E-state index contributed by atoms with van der Waals surface area (Å²) in [5, 5.41) is 34.2. The van der Waals surface area contributed by atoms with Crippen molar-refractivity contribution in [3.8, 4) is 17.2 Å². The van der Waals surface area contributed by atoms with E-state index >= 15 is 0 Å². The van der Waals surface area contributed by atoms with Crippen LogP contribution in [0.3, 0.4) is 0 Å². The maximum Gasteiger partial charge on any atom is 0.535 e. The van der Waals surface area contributed by atoms with Gasteiger partial charge in [0.2, 0.25) is 0 Å². The van der Waals surface area contributed by atoms with Gasteiger partial charge >= 0.3 is 24.6 Å². The van der Waals surface area contributed by atoms with E-state index in [1.165, 1.54) is 48.5 Å². The Morgan fingerprint density at radius 2 is 0.821 bits per heavy atom. The third kappa shape index (κ3) is 18.0. The third-order valence-corrected chi connectivity index (χ3v) is 7.88. The average Bonchev–Trinajstić information content (AvgIpc) is 3.94. The van der Waals surface area contributed by atoms with Gasteiger partial charge in [0.1, 0.15) is 60.0 Å². The second-order valence-electron chi connectivity index (χ2n) is 12.4. The number of nitro groups is 1. The number of nitro benzene ring substituents is 1. The predicted molar refractivity (Wildman–Crippen MR) is 221 cm³/mol. The lowest BCUT2D eigenvalue weighted by atomic mass is 10.3. The number of carbonyl (C=O) groups is 4. The first-order valence-corrected chi connectivity index (χ1v) is 19.7. The largest absolute Gasteiger partial charge is 0.535 e. The summed E-state index contributed by atoms with van der Waals surface area (Å²) >= 11 is 0. The van der Waals surface area contributed by atoms with Crippen LogP contribution in [-0.4, -0.2) is 144 Å². The molecule has 0 radical (unpaired) electrons. The number of fused-ring (bicyclic) bond motifs is 2. The molecule has 6 rings (SSSR count). The molecule has 2 heterocycles. The molecular formula is C40H41N7O20. The quantitative estimate of drug-likeness (QED) is 0.0130. The van der Waals surface area contributed by atoms with Gasteiger partial charge in [-0.1, -0.05) is 34.0 Å². The van der Waals surface area contributed by atoms with Gasteiger partial charge in [-0.3, -0.25) is 19.8 Å². The maximum absolute atomic E-state index is 11.7. The van der Waals surface area contributed by atoms with Gasteiger partial charge < -0.3 is 52.3 Å². The fraction of sp³-hybridized carbons (Fsp3) is 0.300. The van der Waals surface area contributed by atoms with Crippen LogP contribution in [0.1, 0.15) is 0 Å². The zero-order chi connectivity index (χ0) is 47.5. The van der Waals surface area contributed by atoms with Gasteiger partial charge in [0.15, 0.2) is 5.75 Å². The highest BCUT2D eigenvalue weighted by atomic mass is 17.1. The van der Waals surface area contributed by atoms with Crippen molar-refractivity contribution < 1.29 is 91.3 Å². The Hall–Kier alpha value is -8.24. The molecule has 0 aliphatic heterocycles. The molecule has 6 aromatic rings. The van der Waals surface area contributed by atoms with Gasteiger partial charge in [-0.15, -0.1) is 10.2 Å². The fourth-order valence-electron chi connectivity index (χ4n) is 4.86. The molecule has 2 aromatic heterocycles. The van der Waals surface area contributed by atoms with E-state index in [-0.39, 0.29) is 102 Å². The lowest BCUT2D eigenvalue weighted by molar-refractivity contribution is -0.384. The number of carbonyl (C=O) groups excluding carboxylic acids is 4. The summed E-state index contributed by atoms with van der Waals surface area (Å²) in [6, 6.07) is 24.6. The lowest BCUT2D eigenvalue weighted by Crippen LogP contribution is -2.24. The first-order valence-electron chi connectivity index (χ1n) is 19.7. The molecule has 0 aliphatic carbocycles. The molecule has 0 bridgehead atoms. The van der Waals surface area contributed by atoms with Crippen molar-refractivity contribution in [2.24, 2.45) is 0 Å². The molecule has 0 saturated heterocycles. The van der Waals surface area contributed by atoms with E-state index in [4.69, 9.17) is 62.3 Å². The zero-order valence-electron chi connectivity index (χ0n) is 35.1. The highest BCUT2D eigenvalue weighted by Crippen LogP contribution is 2.19. The van der Waals surface area contributed by atoms with Crippen LogP contribution in [0, 0.1) is 10.1 Å². The molecule has 1 N–H and O–H groups in total. The summed E-state index contributed by atoms with van der Waals surface area (Å²) in [6.45, 7) is 1.31. The van der Waals surface area contributed by atoms with Crippen molar-refractivity contribution in [1.82, 2.24) is 30.3 Å². The van der Waals surface area contributed by atoms with Crippen molar-refractivity contribution >= 4 is 52.4 Å². The van der Waals surface area contributed by atoms with Crippen molar-refractivity contribution in [2.45, 2.75) is 0 Å². The smallest absolute Gasteiger partial charge is 0.432 e. The number of nitrogens with zero attached hydrogens (tertiary/aromatic N) is 7. The number of para-hydroxylation sites is 2. The number of aromatic nitrogens is 6. The first kappa shape index (κ1) is 49.8. The molecule has 4 aromatic carbocycles. The molecular weight excluding hydrogens is 898 g/mol. The van der Waals surface area contributed by atoms with Gasteiger partial charge in [0.05, 0.1) is 57.8 Å². The van der Waals surface area contributed by atoms with E-state index in [9.17, 15) is 29.3 Å². The average molecular weight is 940 g/mol. The van der Waals surface area contributed by atoms with Crippen LogP contribution >= 0.6 is 0 Å². The Labute approximate surface area is 377 Å². The summed E-state index contributed by atoms with van der Waals surface area (Å²) in [5.41, 5.74) is 2.13. The van der Waals surface area contributed by atoms with Crippen LogP contribution < -0.4 is 24.0 Å². The molecule has 0 spiro atoms. The summed E-state index contributed by atoms with van der Waals surface area (Å²) in [5.74, 6) is 0.522. The van der Waals surface area contributed by atoms with Crippen LogP contribution in [0.5, 0.6) is 17.2 Å².